The predicted octanol–water partition coefficient (Wildman–Crippen LogP) is 2.99. The van der Waals surface area contributed by atoms with Gasteiger partial charge >= 0.3 is 14.5 Å². The molecule has 0 N–H and O–H groups in total. The lowest BCUT2D eigenvalue weighted by atomic mass is 10.4. The Labute approximate surface area is 105 Å². The Kier molecular flexibility index (Phi) is 6.67. The molecule has 0 aromatic rings. The van der Waals surface area contributed by atoms with Crippen molar-refractivity contribution < 1.29 is 18.4 Å². The van der Waals surface area contributed by atoms with Crippen LogP contribution < -0.4 is 0 Å². The van der Waals surface area contributed by atoms with Crippen molar-refractivity contribution in [3.8, 4) is 0 Å². The average Bonchev–Trinajstić information content (AvgIpc) is 2.15. The minimum Gasteiger partial charge on any atom is -0.431 e. The predicted molar refractivity (Wildman–Crippen MR) is 69.8 cm³/mol. The number of carbonyl (C=O) groups excluding carboxylic acids is 1. The molecular weight excluding hydrogens is 236 g/mol. The van der Waals surface area contributed by atoms with Gasteiger partial charge in [0, 0.05) is 26.5 Å². The van der Waals surface area contributed by atoms with E-state index >= 15 is 0 Å². The van der Waals surface area contributed by atoms with Gasteiger partial charge in [0.2, 0.25) is 5.79 Å². The Morgan fingerprint density at radius 3 is 2.41 bits per heavy atom. The molecule has 0 heterocycles. The fourth-order valence-electron chi connectivity index (χ4n) is 1.74. The quantitative estimate of drug-likeness (QED) is 0.291. The van der Waals surface area contributed by atoms with Gasteiger partial charge in [0.15, 0.2) is 0 Å². The Morgan fingerprint density at radius 2 is 2.00 bits per heavy atom. The molecule has 0 aliphatic carbocycles. The first-order valence-corrected chi connectivity index (χ1v) is 8.50. The Hall–Kier alpha value is -0.653. The summed E-state index contributed by atoms with van der Waals surface area (Å²) in [6.07, 6.45) is 2.11. The molecule has 0 fully saturated rings. The SMILES string of the molecule is C=CC(=O)OC(C)(C)O[Si](C)(CCC)OCC. The van der Waals surface area contributed by atoms with Crippen LogP contribution in [0.15, 0.2) is 12.7 Å². The zero-order valence-electron chi connectivity index (χ0n) is 11.5. The summed E-state index contributed by atoms with van der Waals surface area (Å²) in [7, 11) is -2.28. The zero-order chi connectivity index (χ0) is 13.5. The number of rotatable bonds is 8. The molecule has 0 rings (SSSR count). The van der Waals surface area contributed by atoms with Gasteiger partial charge in [0.05, 0.1) is 0 Å². The second kappa shape index (κ2) is 6.93. The molecule has 17 heavy (non-hydrogen) atoms. The van der Waals surface area contributed by atoms with E-state index in [0.29, 0.717) is 6.61 Å². The highest BCUT2D eigenvalue weighted by Crippen LogP contribution is 2.24. The van der Waals surface area contributed by atoms with Crippen LogP contribution in [0.2, 0.25) is 12.6 Å². The summed E-state index contributed by atoms with van der Waals surface area (Å²) in [5.74, 6) is -1.46. The molecule has 0 bridgehead atoms. The molecule has 0 saturated heterocycles. The smallest absolute Gasteiger partial charge is 0.337 e. The molecule has 0 radical (unpaired) electrons. The molecule has 0 aromatic carbocycles. The van der Waals surface area contributed by atoms with Gasteiger partial charge in [-0.25, -0.2) is 4.79 Å². The Bertz CT molecular complexity index is 257. The van der Waals surface area contributed by atoms with Crippen LogP contribution >= 0.6 is 0 Å². The van der Waals surface area contributed by atoms with Gasteiger partial charge < -0.3 is 13.6 Å². The van der Waals surface area contributed by atoms with Gasteiger partial charge in [-0.05, 0) is 19.5 Å². The highest BCUT2D eigenvalue weighted by atomic mass is 28.4. The van der Waals surface area contributed by atoms with Crippen LogP contribution in [-0.4, -0.2) is 26.9 Å². The molecule has 0 spiro atoms. The van der Waals surface area contributed by atoms with Crippen LogP contribution in [0.5, 0.6) is 0 Å². The van der Waals surface area contributed by atoms with Crippen LogP contribution in [-0.2, 0) is 18.4 Å². The Morgan fingerprint density at radius 1 is 1.41 bits per heavy atom. The van der Waals surface area contributed by atoms with Gasteiger partial charge in [-0.1, -0.05) is 19.9 Å². The van der Waals surface area contributed by atoms with Gasteiger partial charge in [0.1, 0.15) is 0 Å². The summed E-state index contributed by atoms with van der Waals surface area (Å²) in [5.41, 5.74) is 0. The van der Waals surface area contributed by atoms with E-state index in [1.165, 1.54) is 0 Å². The molecule has 0 aromatic heterocycles. The van der Waals surface area contributed by atoms with E-state index in [-0.39, 0.29) is 0 Å². The Balaban J connectivity index is 4.61. The highest BCUT2D eigenvalue weighted by molar-refractivity contribution is 6.66. The van der Waals surface area contributed by atoms with Crippen LogP contribution in [0, 0.1) is 0 Å². The normalized spacial score (nSPS) is 15.1. The highest BCUT2D eigenvalue weighted by Gasteiger charge is 2.38. The van der Waals surface area contributed by atoms with Crippen molar-refractivity contribution in [1.29, 1.82) is 0 Å². The maximum absolute atomic E-state index is 11.2. The van der Waals surface area contributed by atoms with Crippen molar-refractivity contribution >= 4 is 14.5 Å². The fraction of sp³-hybridized carbons (Fsp3) is 0.750. The fourth-order valence-corrected chi connectivity index (χ4v) is 4.64. The standard InChI is InChI=1S/C12H24O4Si/c1-7-10-17(6,14-9-3)16-12(4,5)15-11(13)8-2/h8H,2,7,9-10H2,1,3-6H3. The van der Waals surface area contributed by atoms with E-state index in [1.807, 2.05) is 13.5 Å². The van der Waals surface area contributed by atoms with Crippen molar-refractivity contribution in [1.82, 2.24) is 0 Å². The summed E-state index contributed by atoms with van der Waals surface area (Å²) in [5, 5.41) is 0. The van der Waals surface area contributed by atoms with Crippen LogP contribution in [0.4, 0.5) is 0 Å². The molecule has 0 aliphatic rings. The van der Waals surface area contributed by atoms with Crippen molar-refractivity contribution in [2.45, 2.75) is 52.5 Å². The number of carbonyl (C=O) groups is 1. The summed E-state index contributed by atoms with van der Waals surface area (Å²) < 4.78 is 16.8. The second-order valence-corrected chi connectivity index (χ2v) is 7.70. The van der Waals surface area contributed by atoms with Crippen LogP contribution in [0.3, 0.4) is 0 Å². The molecule has 1 atom stereocenters. The van der Waals surface area contributed by atoms with E-state index in [2.05, 4.69) is 13.5 Å². The number of esters is 1. The lowest BCUT2D eigenvalue weighted by Gasteiger charge is -2.35. The van der Waals surface area contributed by atoms with Crippen molar-refractivity contribution in [2.24, 2.45) is 0 Å². The minimum absolute atomic E-state index is 0.487. The summed E-state index contributed by atoms with van der Waals surface area (Å²) in [6, 6.07) is 0.871. The number of hydrogen-bond donors (Lipinski definition) is 0. The molecular formula is C12H24O4Si. The number of hydrogen-bond acceptors (Lipinski definition) is 4. The monoisotopic (exact) mass is 260 g/mol. The summed E-state index contributed by atoms with van der Waals surface area (Å²) in [6.45, 7) is 13.4. The summed E-state index contributed by atoms with van der Waals surface area (Å²) >= 11 is 0. The molecule has 4 nitrogen and oxygen atoms in total. The first kappa shape index (κ1) is 16.3. The van der Waals surface area contributed by atoms with Gasteiger partial charge in [0.25, 0.3) is 0 Å². The molecule has 1 unspecified atom stereocenters. The van der Waals surface area contributed by atoms with E-state index in [0.717, 1.165) is 18.5 Å². The average molecular weight is 260 g/mol. The van der Waals surface area contributed by atoms with Crippen molar-refractivity contribution in [3.63, 3.8) is 0 Å². The van der Waals surface area contributed by atoms with Crippen molar-refractivity contribution in [2.75, 3.05) is 6.61 Å². The van der Waals surface area contributed by atoms with Crippen molar-refractivity contribution in [3.05, 3.63) is 12.7 Å². The topological polar surface area (TPSA) is 44.8 Å². The molecule has 0 aliphatic heterocycles. The molecule has 0 saturated carbocycles. The molecule has 5 heteroatoms. The maximum atomic E-state index is 11.2. The van der Waals surface area contributed by atoms with Gasteiger partial charge in [-0.3, -0.25) is 0 Å². The van der Waals surface area contributed by atoms with Crippen LogP contribution in [0.1, 0.15) is 34.1 Å². The lowest BCUT2D eigenvalue weighted by Crippen LogP contribution is -2.47. The lowest BCUT2D eigenvalue weighted by molar-refractivity contribution is -0.187. The third-order valence-electron chi connectivity index (χ3n) is 2.13. The zero-order valence-corrected chi connectivity index (χ0v) is 12.5. The molecule has 100 valence electrons. The second-order valence-electron chi connectivity index (χ2n) is 4.44. The summed E-state index contributed by atoms with van der Waals surface area (Å²) in [4.78, 5) is 11.2. The van der Waals surface area contributed by atoms with Gasteiger partial charge in [-0.15, -0.1) is 0 Å². The first-order chi connectivity index (χ1) is 7.78. The third-order valence-corrected chi connectivity index (χ3v) is 5.36. The first-order valence-electron chi connectivity index (χ1n) is 5.98. The van der Waals surface area contributed by atoms with E-state index < -0.39 is 20.3 Å². The van der Waals surface area contributed by atoms with E-state index in [1.54, 1.807) is 13.8 Å². The van der Waals surface area contributed by atoms with E-state index in [9.17, 15) is 4.79 Å². The minimum atomic E-state index is -2.28. The largest absolute Gasteiger partial charge is 0.431 e. The van der Waals surface area contributed by atoms with Crippen LogP contribution in [0.25, 0.3) is 0 Å². The third kappa shape index (κ3) is 6.60. The van der Waals surface area contributed by atoms with Gasteiger partial charge in [-0.2, -0.15) is 0 Å². The molecule has 0 amide bonds. The maximum Gasteiger partial charge on any atom is 0.337 e. The number of ether oxygens (including phenoxy) is 1. The van der Waals surface area contributed by atoms with E-state index in [4.69, 9.17) is 13.6 Å².